The van der Waals surface area contributed by atoms with E-state index in [9.17, 15) is 9.59 Å². The third-order valence-electron chi connectivity index (χ3n) is 4.54. The molecule has 3 amide bonds. The summed E-state index contributed by atoms with van der Waals surface area (Å²) < 4.78 is 0. The van der Waals surface area contributed by atoms with Crippen LogP contribution in [0, 0.1) is 11.3 Å². The SMILES string of the molecule is CNCCCNC(=O)Nc1cccc(CN2N=C(c3ccc(C#N)cc3)CSC2=O)c1. The van der Waals surface area contributed by atoms with Crippen molar-refractivity contribution in [1.29, 1.82) is 5.26 Å². The van der Waals surface area contributed by atoms with E-state index >= 15 is 0 Å². The molecule has 0 atom stereocenters. The van der Waals surface area contributed by atoms with Crippen LogP contribution < -0.4 is 16.0 Å². The zero-order chi connectivity index (χ0) is 22.1. The molecular weight excluding hydrogens is 412 g/mol. The van der Waals surface area contributed by atoms with Crippen LogP contribution in [0.4, 0.5) is 15.3 Å². The van der Waals surface area contributed by atoms with Gasteiger partial charge in [-0.1, -0.05) is 36.0 Å². The summed E-state index contributed by atoms with van der Waals surface area (Å²) >= 11 is 1.19. The molecule has 0 unspecified atom stereocenters. The fraction of sp³-hybridized carbons (Fsp3) is 0.273. The molecular formula is C22H24N6O2S. The van der Waals surface area contributed by atoms with Crippen molar-refractivity contribution in [2.75, 3.05) is 31.2 Å². The molecule has 0 saturated heterocycles. The summed E-state index contributed by atoms with van der Waals surface area (Å²) in [5, 5.41) is 23.4. The predicted molar refractivity (Wildman–Crippen MR) is 123 cm³/mol. The van der Waals surface area contributed by atoms with Gasteiger partial charge in [-0.25, -0.2) is 9.80 Å². The van der Waals surface area contributed by atoms with E-state index in [2.05, 4.69) is 27.1 Å². The summed E-state index contributed by atoms with van der Waals surface area (Å²) in [5.74, 6) is 0.483. The van der Waals surface area contributed by atoms with Gasteiger partial charge in [0.15, 0.2) is 0 Å². The summed E-state index contributed by atoms with van der Waals surface area (Å²) in [7, 11) is 1.87. The molecule has 9 heteroatoms. The van der Waals surface area contributed by atoms with Crippen LogP contribution in [0.15, 0.2) is 53.6 Å². The van der Waals surface area contributed by atoms with Crippen LogP contribution in [-0.4, -0.2) is 47.9 Å². The van der Waals surface area contributed by atoms with Crippen LogP contribution in [0.5, 0.6) is 0 Å². The minimum absolute atomic E-state index is 0.127. The Balaban J connectivity index is 1.65. The normalized spacial score (nSPS) is 13.4. The number of urea groups is 1. The van der Waals surface area contributed by atoms with E-state index in [4.69, 9.17) is 5.26 Å². The van der Waals surface area contributed by atoms with Gasteiger partial charge in [-0.05, 0) is 55.4 Å². The minimum Gasteiger partial charge on any atom is -0.338 e. The molecule has 1 aliphatic rings. The second kappa shape index (κ2) is 11.2. The van der Waals surface area contributed by atoms with E-state index < -0.39 is 0 Å². The van der Waals surface area contributed by atoms with Crippen LogP contribution in [0.2, 0.25) is 0 Å². The lowest BCUT2D eigenvalue weighted by Gasteiger charge is -2.23. The lowest BCUT2D eigenvalue weighted by Crippen LogP contribution is -2.31. The van der Waals surface area contributed by atoms with E-state index in [1.807, 2.05) is 37.4 Å². The Hall–Kier alpha value is -3.35. The largest absolute Gasteiger partial charge is 0.338 e. The van der Waals surface area contributed by atoms with Crippen molar-refractivity contribution in [3.05, 3.63) is 65.2 Å². The highest BCUT2D eigenvalue weighted by Gasteiger charge is 2.22. The number of rotatable bonds is 8. The van der Waals surface area contributed by atoms with Crippen molar-refractivity contribution in [1.82, 2.24) is 15.6 Å². The van der Waals surface area contributed by atoms with Gasteiger partial charge in [0.1, 0.15) is 0 Å². The van der Waals surface area contributed by atoms with Gasteiger partial charge in [-0.3, -0.25) is 4.79 Å². The van der Waals surface area contributed by atoms with Crippen molar-refractivity contribution in [2.24, 2.45) is 5.10 Å². The topological polar surface area (TPSA) is 110 Å². The zero-order valence-electron chi connectivity index (χ0n) is 17.2. The zero-order valence-corrected chi connectivity index (χ0v) is 18.0. The van der Waals surface area contributed by atoms with Gasteiger partial charge in [0.2, 0.25) is 0 Å². The molecule has 2 aromatic rings. The summed E-state index contributed by atoms with van der Waals surface area (Å²) in [5.41, 5.74) is 3.75. The number of thioether (sulfide) groups is 1. The summed E-state index contributed by atoms with van der Waals surface area (Å²) in [4.78, 5) is 24.4. The van der Waals surface area contributed by atoms with Crippen LogP contribution in [0.25, 0.3) is 0 Å². The average Bonchev–Trinajstić information content (AvgIpc) is 2.78. The molecule has 0 aliphatic carbocycles. The number of hydrogen-bond acceptors (Lipinski definition) is 6. The van der Waals surface area contributed by atoms with Gasteiger partial charge >= 0.3 is 11.3 Å². The Bertz CT molecular complexity index is 1000. The molecule has 1 aliphatic heterocycles. The quantitative estimate of drug-likeness (QED) is 0.550. The molecule has 3 N–H and O–H groups in total. The number of benzene rings is 2. The molecule has 8 nitrogen and oxygen atoms in total. The van der Waals surface area contributed by atoms with E-state index in [0.29, 0.717) is 30.1 Å². The smallest absolute Gasteiger partial charge is 0.319 e. The Kier molecular flexibility index (Phi) is 8.04. The van der Waals surface area contributed by atoms with Crippen LogP contribution in [-0.2, 0) is 6.54 Å². The van der Waals surface area contributed by atoms with Crippen molar-refractivity contribution in [3.8, 4) is 6.07 Å². The molecule has 3 rings (SSSR count). The number of hydrogen-bond donors (Lipinski definition) is 3. The lowest BCUT2D eigenvalue weighted by molar-refractivity contribution is 0.222. The summed E-state index contributed by atoms with van der Waals surface area (Å²) in [6.07, 6.45) is 0.846. The maximum Gasteiger partial charge on any atom is 0.319 e. The monoisotopic (exact) mass is 436 g/mol. The second-order valence-electron chi connectivity index (χ2n) is 6.89. The van der Waals surface area contributed by atoms with Crippen molar-refractivity contribution >= 4 is 34.4 Å². The summed E-state index contributed by atoms with van der Waals surface area (Å²) in [6.45, 7) is 1.71. The van der Waals surface area contributed by atoms with Gasteiger partial charge < -0.3 is 16.0 Å². The first kappa shape index (κ1) is 22.3. The van der Waals surface area contributed by atoms with Gasteiger partial charge in [0.05, 0.1) is 23.9 Å². The minimum atomic E-state index is -0.265. The maximum atomic E-state index is 12.4. The first-order valence-electron chi connectivity index (χ1n) is 9.90. The molecule has 1 heterocycles. The fourth-order valence-electron chi connectivity index (χ4n) is 2.96. The molecule has 0 radical (unpaired) electrons. The number of amides is 3. The van der Waals surface area contributed by atoms with Crippen molar-refractivity contribution < 1.29 is 9.59 Å². The van der Waals surface area contributed by atoms with Crippen molar-refractivity contribution in [3.63, 3.8) is 0 Å². The number of carbonyl (C=O) groups is 2. The Labute approximate surface area is 185 Å². The third-order valence-corrected chi connectivity index (χ3v) is 5.41. The highest BCUT2D eigenvalue weighted by molar-refractivity contribution is 8.14. The van der Waals surface area contributed by atoms with E-state index in [1.54, 1.807) is 18.2 Å². The molecule has 0 saturated carbocycles. The highest BCUT2D eigenvalue weighted by Crippen LogP contribution is 2.23. The van der Waals surface area contributed by atoms with Gasteiger partial charge in [0.25, 0.3) is 0 Å². The molecule has 2 aromatic carbocycles. The Morgan fingerprint density at radius 1 is 1.23 bits per heavy atom. The third kappa shape index (κ3) is 6.57. The summed E-state index contributed by atoms with van der Waals surface area (Å²) in [6, 6.07) is 16.3. The fourth-order valence-corrected chi connectivity index (χ4v) is 3.70. The molecule has 31 heavy (non-hydrogen) atoms. The first-order valence-corrected chi connectivity index (χ1v) is 10.9. The number of nitriles is 1. The molecule has 0 bridgehead atoms. The van der Waals surface area contributed by atoms with Crippen molar-refractivity contribution in [2.45, 2.75) is 13.0 Å². The average molecular weight is 437 g/mol. The molecule has 160 valence electrons. The number of nitrogens with zero attached hydrogens (tertiary/aromatic N) is 3. The van der Waals surface area contributed by atoms with E-state index in [0.717, 1.165) is 29.8 Å². The molecule has 0 spiro atoms. The number of carbonyl (C=O) groups excluding carboxylic acids is 2. The van der Waals surface area contributed by atoms with E-state index in [1.165, 1.54) is 16.8 Å². The standard InChI is InChI=1S/C22H24N6O2S/c1-24-10-3-11-25-21(29)26-19-5-2-4-17(12-19)14-28-22(30)31-15-20(27-28)18-8-6-16(13-23)7-9-18/h2,4-9,12,24H,3,10-11,14-15H2,1H3,(H2,25,26,29). The predicted octanol–water partition coefficient (Wildman–Crippen LogP) is 3.36. The first-order chi connectivity index (χ1) is 15.1. The molecule has 0 aromatic heterocycles. The maximum absolute atomic E-state index is 12.4. The van der Waals surface area contributed by atoms with Crippen LogP contribution in [0.1, 0.15) is 23.1 Å². The second-order valence-corrected chi connectivity index (χ2v) is 7.81. The molecule has 0 fully saturated rings. The Morgan fingerprint density at radius 2 is 2.03 bits per heavy atom. The van der Waals surface area contributed by atoms with Gasteiger partial charge in [-0.2, -0.15) is 10.4 Å². The van der Waals surface area contributed by atoms with Crippen LogP contribution in [0.3, 0.4) is 0 Å². The van der Waals surface area contributed by atoms with Gasteiger partial charge in [0, 0.05) is 18.0 Å². The van der Waals surface area contributed by atoms with Crippen LogP contribution >= 0.6 is 11.8 Å². The number of hydrazone groups is 1. The Morgan fingerprint density at radius 3 is 2.77 bits per heavy atom. The number of anilines is 1. The lowest BCUT2D eigenvalue weighted by atomic mass is 10.1. The van der Waals surface area contributed by atoms with E-state index in [-0.39, 0.29) is 11.3 Å². The number of nitrogens with one attached hydrogen (secondary N) is 3. The highest BCUT2D eigenvalue weighted by atomic mass is 32.2. The van der Waals surface area contributed by atoms with Gasteiger partial charge in [-0.15, -0.1) is 0 Å².